The van der Waals surface area contributed by atoms with Gasteiger partial charge in [0, 0.05) is 25.0 Å². The minimum absolute atomic E-state index is 0.0618. The molecular formula is C18H25N3O4. The minimum Gasteiger partial charge on any atom is -0.459 e. The van der Waals surface area contributed by atoms with Crippen molar-refractivity contribution in [2.75, 3.05) is 13.1 Å². The summed E-state index contributed by atoms with van der Waals surface area (Å²) < 4.78 is 5.02. The van der Waals surface area contributed by atoms with Gasteiger partial charge in [0.25, 0.3) is 5.91 Å². The number of nitrogens with one attached hydrogen (secondary N) is 2. The first-order valence-electron chi connectivity index (χ1n) is 8.98. The fraction of sp³-hybridized carbons (Fsp3) is 0.611. The van der Waals surface area contributed by atoms with E-state index in [9.17, 15) is 14.4 Å². The van der Waals surface area contributed by atoms with Gasteiger partial charge in [0.05, 0.1) is 6.26 Å². The van der Waals surface area contributed by atoms with Crippen molar-refractivity contribution in [3.05, 3.63) is 24.2 Å². The van der Waals surface area contributed by atoms with Gasteiger partial charge >= 0.3 is 0 Å². The number of carbonyl (C=O) groups is 3. The lowest BCUT2D eigenvalue weighted by Crippen LogP contribution is -2.54. The molecule has 2 atom stereocenters. The Labute approximate surface area is 147 Å². The molecule has 0 bridgehead atoms. The molecule has 1 aliphatic carbocycles. The van der Waals surface area contributed by atoms with Gasteiger partial charge in [-0.1, -0.05) is 6.42 Å². The second kappa shape index (κ2) is 7.72. The van der Waals surface area contributed by atoms with E-state index in [1.54, 1.807) is 19.1 Å². The summed E-state index contributed by atoms with van der Waals surface area (Å²) in [6.45, 7) is 2.96. The van der Waals surface area contributed by atoms with Gasteiger partial charge < -0.3 is 20.0 Å². The zero-order chi connectivity index (χ0) is 17.8. The van der Waals surface area contributed by atoms with Crippen LogP contribution in [0.1, 0.15) is 49.6 Å². The minimum atomic E-state index is -0.671. The van der Waals surface area contributed by atoms with E-state index in [1.165, 1.54) is 6.26 Å². The third kappa shape index (κ3) is 4.21. The number of amides is 3. The second-order valence-electron chi connectivity index (χ2n) is 6.93. The maximum Gasteiger partial charge on any atom is 0.287 e. The van der Waals surface area contributed by atoms with E-state index in [0.717, 1.165) is 38.6 Å². The Balaban J connectivity index is 1.48. The average Bonchev–Trinajstić information content (AvgIpc) is 3.08. The van der Waals surface area contributed by atoms with Gasteiger partial charge in [-0.2, -0.15) is 0 Å². The van der Waals surface area contributed by atoms with E-state index < -0.39 is 11.9 Å². The van der Waals surface area contributed by atoms with E-state index in [-0.39, 0.29) is 29.5 Å². The smallest absolute Gasteiger partial charge is 0.287 e. The molecule has 2 fully saturated rings. The summed E-state index contributed by atoms with van der Waals surface area (Å²) in [5.41, 5.74) is 0. The first-order chi connectivity index (χ1) is 12.0. The lowest BCUT2D eigenvalue weighted by atomic mass is 9.84. The summed E-state index contributed by atoms with van der Waals surface area (Å²) in [6, 6.07) is 2.43. The van der Waals surface area contributed by atoms with Gasteiger partial charge in [-0.15, -0.1) is 0 Å². The molecule has 7 nitrogen and oxygen atoms in total. The van der Waals surface area contributed by atoms with Crippen LogP contribution < -0.4 is 10.6 Å². The largest absolute Gasteiger partial charge is 0.459 e. The Kier molecular flexibility index (Phi) is 5.40. The number of rotatable bonds is 5. The van der Waals surface area contributed by atoms with Crippen molar-refractivity contribution in [3.63, 3.8) is 0 Å². The normalized spacial score (nSPS) is 22.0. The number of likely N-dealkylation sites (tertiary alicyclic amines) is 1. The monoisotopic (exact) mass is 347 g/mol. The molecule has 0 aromatic carbocycles. The Morgan fingerprint density at radius 3 is 2.68 bits per heavy atom. The molecule has 1 saturated carbocycles. The van der Waals surface area contributed by atoms with Gasteiger partial charge in [-0.25, -0.2) is 0 Å². The van der Waals surface area contributed by atoms with Crippen LogP contribution in [0.3, 0.4) is 0 Å². The first kappa shape index (κ1) is 17.5. The standard InChI is InChI=1S/C18H25N3O4/c1-12(19-17(23)15-8-4-10-25-15)16(22)20-14-7-3-9-21(11-14)18(24)13-5-2-6-13/h4,8,10,12-14H,2-3,5-7,9,11H2,1H3,(H,19,23)(H,20,22). The molecule has 3 amide bonds. The number of hydrogen-bond acceptors (Lipinski definition) is 4. The summed E-state index contributed by atoms with van der Waals surface area (Å²) >= 11 is 0. The number of furan rings is 1. The molecule has 0 radical (unpaired) electrons. The number of carbonyl (C=O) groups excluding carboxylic acids is 3. The number of piperidine rings is 1. The Bertz CT molecular complexity index is 624. The quantitative estimate of drug-likeness (QED) is 0.840. The number of hydrogen-bond donors (Lipinski definition) is 2. The van der Waals surface area contributed by atoms with Gasteiger partial charge in [0.1, 0.15) is 6.04 Å². The molecular weight excluding hydrogens is 322 g/mol. The molecule has 25 heavy (non-hydrogen) atoms. The average molecular weight is 347 g/mol. The van der Waals surface area contributed by atoms with Crippen LogP contribution in [0.25, 0.3) is 0 Å². The van der Waals surface area contributed by atoms with Crippen LogP contribution in [0, 0.1) is 5.92 Å². The molecule has 136 valence electrons. The van der Waals surface area contributed by atoms with E-state index in [2.05, 4.69) is 10.6 Å². The predicted molar refractivity (Wildman–Crippen MR) is 90.7 cm³/mol. The maximum absolute atomic E-state index is 12.4. The van der Waals surface area contributed by atoms with Crippen molar-refractivity contribution in [2.24, 2.45) is 5.92 Å². The Morgan fingerprint density at radius 2 is 2.04 bits per heavy atom. The van der Waals surface area contributed by atoms with Gasteiger partial charge in [-0.3, -0.25) is 14.4 Å². The molecule has 2 N–H and O–H groups in total. The van der Waals surface area contributed by atoms with Crippen molar-refractivity contribution in [3.8, 4) is 0 Å². The predicted octanol–water partition coefficient (Wildman–Crippen LogP) is 1.31. The van der Waals surface area contributed by atoms with Crippen LogP contribution in [-0.4, -0.2) is 47.8 Å². The highest BCUT2D eigenvalue weighted by Gasteiger charge is 2.33. The highest BCUT2D eigenvalue weighted by molar-refractivity contribution is 5.95. The summed E-state index contributed by atoms with van der Waals surface area (Å²) in [7, 11) is 0. The fourth-order valence-electron chi connectivity index (χ4n) is 3.28. The van der Waals surface area contributed by atoms with Crippen LogP contribution in [0.5, 0.6) is 0 Å². The number of nitrogens with zero attached hydrogens (tertiary/aromatic N) is 1. The van der Waals surface area contributed by atoms with Crippen molar-refractivity contribution < 1.29 is 18.8 Å². The summed E-state index contributed by atoms with van der Waals surface area (Å²) in [6.07, 6.45) is 6.26. The molecule has 2 unspecified atom stereocenters. The lowest BCUT2D eigenvalue weighted by Gasteiger charge is -2.37. The highest BCUT2D eigenvalue weighted by atomic mass is 16.3. The maximum atomic E-state index is 12.4. The third-order valence-electron chi connectivity index (χ3n) is 5.02. The summed E-state index contributed by atoms with van der Waals surface area (Å²) in [5.74, 6) is -0.0825. The van der Waals surface area contributed by atoms with E-state index in [1.807, 2.05) is 4.90 Å². The Hall–Kier alpha value is -2.31. The highest BCUT2D eigenvalue weighted by Crippen LogP contribution is 2.29. The van der Waals surface area contributed by atoms with E-state index >= 15 is 0 Å². The van der Waals surface area contributed by atoms with Crippen molar-refractivity contribution in [1.29, 1.82) is 0 Å². The summed E-state index contributed by atoms with van der Waals surface area (Å²) in [4.78, 5) is 38.5. The second-order valence-corrected chi connectivity index (χ2v) is 6.93. The van der Waals surface area contributed by atoms with Crippen LogP contribution in [0.15, 0.2) is 22.8 Å². The third-order valence-corrected chi connectivity index (χ3v) is 5.02. The summed E-state index contributed by atoms with van der Waals surface area (Å²) in [5, 5.41) is 5.57. The van der Waals surface area contributed by atoms with E-state index in [4.69, 9.17) is 4.42 Å². The molecule has 7 heteroatoms. The van der Waals surface area contributed by atoms with Crippen LogP contribution in [-0.2, 0) is 9.59 Å². The molecule has 3 rings (SSSR count). The molecule has 1 saturated heterocycles. The van der Waals surface area contributed by atoms with Crippen LogP contribution in [0.4, 0.5) is 0 Å². The molecule has 1 aliphatic heterocycles. The zero-order valence-electron chi connectivity index (χ0n) is 14.5. The van der Waals surface area contributed by atoms with Crippen molar-refractivity contribution in [1.82, 2.24) is 15.5 Å². The molecule has 1 aromatic heterocycles. The molecule has 2 heterocycles. The molecule has 1 aromatic rings. The van der Waals surface area contributed by atoms with E-state index in [0.29, 0.717) is 6.54 Å². The molecule has 2 aliphatic rings. The van der Waals surface area contributed by atoms with Crippen molar-refractivity contribution in [2.45, 2.75) is 51.1 Å². The van der Waals surface area contributed by atoms with Crippen molar-refractivity contribution >= 4 is 17.7 Å². The van der Waals surface area contributed by atoms with Crippen LogP contribution >= 0.6 is 0 Å². The van der Waals surface area contributed by atoms with Gasteiger partial charge in [0.15, 0.2) is 5.76 Å². The SMILES string of the molecule is CC(NC(=O)c1ccco1)C(=O)NC1CCCN(C(=O)C2CCC2)C1. The lowest BCUT2D eigenvalue weighted by molar-refractivity contribution is -0.140. The zero-order valence-corrected chi connectivity index (χ0v) is 14.5. The topological polar surface area (TPSA) is 91.7 Å². The van der Waals surface area contributed by atoms with Gasteiger partial charge in [0.2, 0.25) is 11.8 Å². The fourth-order valence-corrected chi connectivity index (χ4v) is 3.28. The van der Waals surface area contributed by atoms with Crippen LogP contribution in [0.2, 0.25) is 0 Å². The van der Waals surface area contributed by atoms with Gasteiger partial charge in [-0.05, 0) is 44.7 Å². The Morgan fingerprint density at radius 1 is 1.24 bits per heavy atom. The first-order valence-corrected chi connectivity index (χ1v) is 8.98. The molecule has 0 spiro atoms.